The van der Waals surface area contributed by atoms with Crippen LogP contribution >= 0.6 is 0 Å². The van der Waals surface area contributed by atoms with Crippen molar-refractivity contribution in [2.45, 2.75) is 32.6 Å². The summed E-state index contributed by atoms with van der Waals surface area (Å²) >= 11 is 0. The summed E-state index contributed by atoms with van der Waals surface area (Å²) in [6, 6.07) is 0. The van der Waals surface area contributed by atoms with E-state index in [9.17, 15) is 0 Å². The fraction of sp³-hybridized carbons (Fsp3) is 0.455. The minimum Gasteiger partial charge on any atom is -0.103 e. The summed E-state index contributed by atoms with van der Waals surface area (Å²) in [5.74, 6) is 0. The molecule has 0 saturated carbocycles. The SMILES string of the molecule is C=CCCCC/C=C(\C)C=C. The normalized spacial score (nSPS) is 11.2. The highest BCUT2D eigenvalue weighted by Gasteiger charge is 1.83. The first-order valence-electron chi connectivity index (χ1n) is 4.21. The van der Waals surface area contributed by atoms with Crippen LogP contribution in [0.15, 0.2) is 37.0 Å². The molecule has 0 radical (unpaired) electrons. The Hall–Kier alpha value is -0.780. The maximum atomic E-state index is 3.69. The maximum absolute atomic E-state index is 3.69. The molecule has 62 valence electrons. The van der Waals surface area contributed by atoms with E-state index >= 15 is 0 Å². The van der Waals surface area contributed by atoms with Crippen LogP contribution in [0, 0.1) is 0 Å². The van der Waals surface area contributed by atoms with Gasteiger partial charge in [0, 0.05) is 0 Å². The first-order chi connectivity index (χ1) is 5.31. The van der Waals surface area contributed by atoms with Gasteiger partial charge in [-0.2, -0.15) is 0 Å². The van der Waals surface area contributed by atoms with Crippen molar-refractivity contribution in [2.75, 3.05) is 0 Å². The summed E-state index contributed by atoms with van der Waals surface area (Å²) in [4.78, 5) is 0. The lowest BCUT2D eigenvalue weighted by atomic mass is 10.1. The smallest absolute Gasteiger partial charge is 0.0345 e. The van der Waals surface area contributed by atoms with Crippen molar-refractivity contribution in [1.29, 1.82) is 0 Å². The van der Waals surface area contributed by atoms with E-state index in [0.29, 0.717) is 0 Å². The average Bonchev–Trinajstić information content (AvgIpc) is 2.04. The summed E-state index contributed by atoms with van der Waals surface area (Å²) in [5, 5.41) is 0. The molecule has 11 heavy (non-hydrogen) atoms. The van der Waals surface area contributed by atoms with Gasteiger partial charge >= 0.3 is 0 Å². The summed E-state index contributed by atoms with van der Waals surface area (Å²) in [5.41, 5.74) is 1.28. The van der Waals surface area contributed by atoms with Crippen molar-refractivity contribution < 1.29 is 0 Å². The zero-order valence-corrected chi connectivity index (χ0v) is 7.47. The van der Waals surface area contributed by atoms with E-state index in [1.165, 1.54) is 24.8 Å². The molecular formula is C11H18. The monoisotopic (exact) mass is 150 g/mol. The first kappa shape index (κ1) is 10.2. The molecule has 0 nitrogen and oxygen atoms in total. The Morgan fingerprint density at radius 2 is 1.82 bits per heavy atom. The van der Waals surface area contributed by atoms with E-state index in [4.69, 9.17) is 0 Å². The zero-order valence-electron chi connectivity index (χ0n) is 7.47. The highest BCUT2D eigenvalue weighted by molar-refractivity contribution is 5.12. The second-order valence-electron chi connectivity index (χ2n) is 2.73. The second-order valence-corrected chi connectivity index (χ2v) is 2.73. The van der Waals surface area contributed by atoms with Gasteiger partial charge < -0.3 is 0 Å². The minimum atomic E-state index is 1.14. The summed E-state index contributed by atoms with van der Waals surface area (Å²) in [7, 11) is 0. The molecule has 0 aliphatic heterocycles. The lowest BCUT2D eigenvalue weighted by molar-refractivity contribution is 0.761. The van der Waals surface area contributed by atoms with Crippen molar-refractivity contribution in [2.24, 2.45) is 0 Å². The van der Waals surface area contributed by atoms with Gasteiger partial charge in [0.25, 0.3) is 0 Å². The number of rotatable bonds is 6. The van der Waals surface area contributed by atoms with Crippen LogP contribution in [-0.4, -0.2) is 0 Å². The van der Waals surface area contributed by atoms with Crippen molar-refractivity contribution in [3.63, 3.8) is 0 Å². The Kier molecular flexibility index (Phi) is 6.81. The van der Waals surface area contributed by atoms with E-state index in [-0.39, 0.29) is 0 Å². The van der Waals surface area contributed by atoms with Crippen molar-refractivity contribution >= 4 is 0 Å². The van der Waals surface area contributed by atoms with Gasteiger partial charge in [-0.25, -0.2) is 0 Å². The van der Waals surface area contributed by atoms with Crippen molar-refractivity contribution in [3.8, 4) is 0 Å². The lowest BCUT2D eigenvalue weighted by Crippen LogP contribution is -1.73. The molecular weight excluding hydrogens is 132 g/mol. The van der Waals surface area contributed by atoms with Gasteiger partial charge in [-0.05, 0) is 32.6 Å². The number of unbranched alkanes of at least 4 members (excludes halogenated alkanes) is 3. The molecule has 0 aromatic rings. The van der Waals surface area contributed by atoms with Crippen molar-refractivity contribution in [3.05, 3.63) is 37.0 Å². The van der Waals surface area contributed by atoms with Crippen LogP contribution in [0.5, 0.6) is 0 Å². The Labute approximate surface area is 70.3 Å². The second kappa shape index (κ2) is 7.33. The predicted molar refractivity (Wildman–Crippen MR) is 52.6 cm³/mol. The maximum Gasteiger partial charge on any atom is -0.0345 e. The molecule has 0 unspecified atom stereocenters. The zero-order chi connectivity index (χ0) is 8.53. The molecule has 0 aromatic heterocycles. The average molecular weight is 150 g/mol. The molecule has 0 N–H and O–H groups in total. The van der Waals surface area contributed by atoms with E-state index in [1.54, 1.807) is 0 Å². The van der Waals surface area contributed by atoms with Gasteiger partial charge in [-0.3, -0.25) is 0 Å². The van der Waals surface area contributed by atoms with Crippen LogP contribution in [0.2, 0.25) is 0 Å². The third-order valence-corrected chi connectivity index (χ3v) is 1.65. The fourth-order valence-electron chi connectivity index (χ4n) is 0.846. The Bertz CT molecular complexity index is 140. The lowest BCUT2D eigenvalue weighted by Gasteiger charge is -1.93. The molecule has 0 rings (SSSR count). The Balaban J connectivity index is 3.25. The number of allylic oxidation sites excluding steroid dienone is 4. The molecule has 0 heteroatoms. The first-order valence-corrected chi connectivity index (χ1v) is 4.21. The van der Waals surface area contributed by atoms with Gasteiger partial charge in [0.15, 0.2) is 0 Å². The topological polar surface area (TPSA) is 0 Å². The summed E-state index contributed by atoms with van der Waals surface area (Å²) in [6.45, 7) is 9.45. The molecule has 0 aromatic carbocycles. The highest BCUT2D eigenvalue weighted by Crippen LogP contribution is 2.03. The molecule has 0 amide bonds. The largest absolute Gasteiger partial charge is 0.103 e. The standard InChI is InChI=1S/C11H18/c1-4-6-7-8-9-10-11(3)5-2/h4-5,10H,1-2,6-9H2,3H3/b11-10+. The summed E-state index contributed by atoms with van der Waals surface area (Å²) in [6.07, 6.45) is 10.9. The fourth-order valence-corrected chi connectivity index (χ4v) is 0.846. The third-order valence-electron chi connectivity index (χ3n) is 1.65. The molecule has 0 fully saturated rings. The van der Waals surface area contributed by atoms with E-state index in [2.05, 4.69) is 26.2 Å². The van der Waals surface area contributed by atoms with E-state index < -0.39 is 0 Å². The van der Waals surface area contributed by atoms with Crippen LogP contribution in [0.1, 0.15) is 32.6 Å². The van der Waals surface area contributed by atoms with Gasteiger partial charge in [-0.15, -0.1) is 6.58 Å². The number of hydrogen-bond donors (Lipinski definition) is 0. The molecule has 0 spiro atoms. The highest BCUT2D eigenvalue weighted by atomic mass is 13.9. The Morgan fingerprint density at radius 3 is 2.36 bits per heavy atom. The van der Waals surface area contributed by atoms with Crippen LogP contribution in [0.3, 0.4) is 0 Å². The Morgan fingerprint density at radius 1 is 1.18 bits per heavy atom. The molecule has 0 aliphatic rings. The van der Waals surface area contributed by atoms with Crippen LogP contribution in [0.25, 0.3) is 0 Å². The minimum absolute atomic E-state index is 1.14. The molecule has 0 atom stereocenters. The number of hydrogen-bond acceptors (Lipinski definition) is 0. The van der Waals surface area contributed by atoms with Gasteiger partial charge in [-0.1, -0.05) is 30.4 Å². The van der Waals surface area contributed by atoms with Crippen LogP contribution in [-0.2, 0) is 0 Å². The molecule has 0 aliphatic carbocycles. The molecule has 0 bridgehead atoms. The molecule has 0 heterocycles. The van der Waals surface area contributed by atoms with Crippen LogP contribution < -0.4 is 0 Å². The van der Waals surface area contributed by atoms with Gasteiger partial charge in [0.05, 0.1) is 0 Å². The third kappa shape index (κ3) is 7.11. The molecule has 0 saturated heterocycles. The quantitative estimate of drug-likeness (QED) is 0.306. The van der Waals surface area contributed by atoms with Crippen LogP contribution in [0.4, 0.5) is 0 Å². The van der Waals surface area contributed by atoms with E-state index in [0.717, 1.165) is 6.42 Å². The van der Waals surface area contributed by atoms with Gasteiger partial charge in [0.2, 0.25) is 0 Å². The predicted octanol–water partition coefficient (Wildman–Crippen LogP) is 3.87. The summed E-state index contributed by atoms with van der Waals surface area (Å²) < 4.78 is 0. The van der Waals surface area contributed by atoms with E-state index in [1.807, 2.05) is 12.2 Å². The van der Waals surface area contributed by atoms with Gasteiger partial charge in [0.1, 0.15) is 0 Å². The van der Waals surface area contributed by atoms with Crippen molar-refractivity contribution in [1.82, 2.24) is 0 Å².